The van der Waals surface area contributed by atoms with Crippen LogP contribution in [0.3, 0.4) is 0 Å². The van der Waals surface area contributed by atoms with Gasteiger partial charge in [-0.15, -0.1) is 0 Å². The number of halogens is 1. The first-order valence-corrected chi connectivity index (χ1v) is 6.81. The smallest absolute Gasteiger partial charge is 0.272 e. The first-order chi connectivity index (χ1) is 9.90. The lowest BCUT2D eigenvalue weighted by atomic mass is 9.92. The predicted octanol–water partition coefficient (Wildman–Crippen LogP) is 1.97. The van der Waals surface area contributed by atoms with Gasteiger partial charge in [0.1, 0.15) is 5.82 Å². The highest BCUT2D eigenvalue weighted by molar-refractivity contribution is 5.94. The SMILES string of the molecule is CC(O)C1CCN(C(=O)c2ccc([N+](=O)[O-])cc2F)CC1. The molecule has 114 valence electrons. The number of rotatable bonds is 3. The van der Waals surface area contributed by atoms with Crippen LogP contribution in [0.1, 0.15) is 30.1 Å². The van der Waals surface area contributed by atoms with Gasteiger partial charge in [-0.3, -0.25) is 14.9 Å². The molecule has 0 aromatic heterocycles. The van der Waals surface area contributed by atoms with Crippen molar-refractivity contribution in [3.05, 3.63) is 39.7 Å². The molecule has 1 atom stereocenters. The molecular weight excluding hydrogens is 279 g/mol. The second-order valence-electron chi connectivity index (χ2n) is 5.29. The van der Waals surface area contributed by atoms with Crippen molar-refractivity contribution < 1.29 is 19.2 Å². The lowest BCUT2D eigenvalue weighted by Gasteiger charge is -2.33. The Labute approximate surface area is 121 Å². The molecule has 0 spiro atoms. The van der Waals surface area contributed by atoms with Crippen molar-refractivity contribution in [2.75, 3.05) is 13.1 Å². The van der Waals surface area contributed by atoms with Gasteiger partial charge in [0.2, 0.25) is 0 Å². The molecule has 7 heteroatoms. The van der Waals surface area contributed by atoms with E-state index in [2.05, 4.69) is 0 Å². The van der Waals surface area contributed by atoms with Crippen LogP contribution in [0.4, 0.5) is 10.1 Å². The van der Waals surface area contributed by atoms with Crippen LogP contribution < -0.4 is 0 Å². The predicted molar refractivity (Wildman–Crippen MR) is 73.4 cm³/mol. The summed E-state index contributed by atoms with van der Waals surface area (Å²) < 4.78 is 13.8. The van der Waals surface area contributed by atoms with Gasteiger partial charge in [0, 0.05) is 19.2 Å². The number of non-ortho nitro benzene ring substituents is 1. The number of hydrogen-bond donors (Lipinski definition) is 1. The fourth-order valence-electron chi connectivity index (χ4n) is 2.55. The van der Waals surface area contributed by atoms with Gasteiger partial charge >= 0.3 is 0 Å². The maximum Gasteiger partial charge on any atom is 0.272 e. The molecule has 1 aliphatic heterocycles. The maximum atomic E-state index is 13.8. The normalized spacial score (nSPS) is 17.6. The van der Waals surface area contributed by atoms with Gasteiger partial charge < -0.3 is 10.0 Å². The third kappa shape index (κ3) is 3.36. The summed E-state index contributed by atoms with van der Waals surface area (Å²) in [5, 5.41) is 20.1. The second kappa shape index (κ2) is 6.17. The van der Waals surface area contributed by atoms with Crippen molar-refractivity contribution in [1.82, 2.24) is 4.90 Å². The van der Waals surface area contributed by atoms with E-state index >= 15 is 0 Å². The second-order valence-corrected chi connectivity index (χ2v) is 5.29. The Balaban J connectivity index is 2.09. The molecule has 1 aromatic carbocycles. The number of amides is 1. The van der Waals surface area contributed by atoms with Crippen molar-refractivity contribution in [1.29, 1.82) is 0 Å². The number of likely N-dealkylation sites (tertiary alicyclic amines) is 1. The zero-order valence-electron chi connectivity index (χ0n) is 11.7. The van der Waals surface area contributed by atoms with Crippen molar-refractivity contribution >= 4 is 11.6 Å². The van der Waals surface area contributed by atoms with Gasteiger partial charge in [-0.1, -0.05) is 0 Å². The Kier molecular flexibility index (Phi) is 4.52. The zero-order valence-corrected chi connectivity index (χ0v) is 11.7. The van der Waals surface area contributed by atoms with Gasteiger partial charge in [0.05, 0.1) is 22.7 Å². The third-order valence-electron chi connectivity index (χ3n) is 3.90. The number of nitro groups is 1. The summed E-state index contributed by atoms with van der Waals surface area (Å²) >= 11 is 0. The molecule has 2 rings (SSSR count). The zero-order chi connectivity index (χ0) is 15.6. The first-order valence-electron chi connectivity index (χ1n) is 6.81. The summed E-state index contributed by atoms with van der Waals surface area (Å²) in [5.41, 5.74) is -0.534. The molecule has 1 amide bonds. The molecular formula is C14H17FN2O4. The van der Waals surface area contributed by atoms with Crippen LogP contribution in [0, 0.1) is 21.8 Å². The fourth-order valence-corrected chi connectivity index (χ4v) is 2.55. The topological polar surface area (TPSA) is 83.7 Å². The van der Waals surface area contributed by atoms with E-state index in [1.807, 2.05) is 0 Å². The van der Waals surface area contributed by atoms with E-state index in [4.69, 9.17) is 0 Å². The van der Waals surface area contributed by atoms with E-state index in [-0.39, 0.29) is 17.2 Å². The standard InChI is InChI=1S/C14H17FN2O4/c1-9(18)10-4-6-16(7-5-10)14(19)12-3-2-11(17(20)21)8-13(12)15/h2-3,8-10,18H,4-7H2,1H3. The van der Waals surface area contributed by atoms with Gasteiger partial charge in [-0.05, 0) is 31.7 Å². The van der Waals surface area contributed by atoms with Crippen molar-refractivity contribution in [3.8, 4) is 0 Å². The van der Waals surface area contributed by atoms with Crippen molar-refractivity contribution in [3.63, 3.8) is 0 Å². The van der Waals surface area contributed by atoms with Crippen LogP contribution in [0.15, 0.2) is 18.2 Å². The number of carbonyl (C=O) groups excluding carboxylic acids is 1. The highest BCUT2D eigenvalue weighted by Gasteiger charge is 2.27. The summed E-state index contributed by atoms with van der Waals surface area (Å²) in [5.74, 6) is -1.20. The minimum Gasteiger partial charge on any atom is -0.393 e. The number of piperidine rings is 1. The van der Waals surface area contributed by atoms with Gasteiger partial charge in [-0.2, -0.15) is 0 Å². The largest absolute Gasteiger partial charge is 0.393 e. The van der Waals surface area contributed by atoms with Gasteiger partial charge in [0.25, 0.3) is 11.6 Å². The minimum atomic E-state index is -0.883. The fraction of sp³-hybridized carbons (Fsp3) is 0.500. The Morgan fingerprint density at radius 1 is 1.48 bits per heavy atom. The molecule has 21 heavy (non-hydrogen) atoms. The van der Waals surface area contributed by atoms with E-state index in [0.717, 1.165) is 18.2 Å². The Hall–Kier alpha value is -2.02. The van der Waals surface area contributed by atoms with Crippen LogP contribution >= 0.6 is 0 Å². The Morgan fingerprint density at radius 2 is 2.10 bits per heavy atom. The molecule has 0 aliphatic carbocycles. The quantitative estimate of drug-likeness (QED) is 0.682. The number of hydrogen-bond acceptors (Lipinski definition) is 4. The van der Waals surface area contributed by atoms with E-state index in [1.165, 1.54) is 4.90 Å². The van der Waals surface area contributed by atoms with Crippen LogP contribution in [0.5, 0.6) is 0 Å². The van der Waals surface area contributed by atoms with E-state index in [0.29, 0.717) is 25.9 Å². The molecule has 1 aliphatic rings. The number of aliphatic hydroxyl groups is 1. The summed E-state index contributed by atoms with van der Waals surface area (Å²) in [7, 11) is 0. The highest BCUT2D eigenvalue weighted by atomic mass is 19.1. The number of nitro benzene ring substituents is 1. The van der Waals surface area contributed by atoms with Crippen LogP contribution in [-0.4, -0.2) is 40.0 Å². The molecule has 1 N–H and O–H groups in total. The van der Waals surface area contributed by atoms with E-state index < -0.39 is 22.8 Å². The van der Waals surface area contributed by atoms with Crippen LogP contribution in [-0.2, 0) is 0 Å². The molecule has 1 unspecified atom stereocenters. The number of aliphatic hydroxyl groups excluding tert-OH is 1. The molecule has 1 heterocycles. The van der Waals surface area contributed by atoms with Gasteiger partial charge in [-0.25, -0.2) is 4.39 Å². The molecule has 6 nitrogen and oxygen atoms in total. The lowest BCUT2D eigenvalue weighted by Crippen LogP contribution is -2.41. The van der Waals surface area contributed by atoms with Gasteiger partial charge in [0.15, 0.2) is 0 Å². The van der Waals surface area contributed by atoms with Crippen molar-refractivity contribution in [2.24, 2.45) is 5.92 Å². The number of carbonyl (C=O) groups is 1. The molecule has 1 fully saturated rings. The number of nitrogens with zero attached hydrogens (tertiary/aromatic N) is 2. The molecule has 0 saturated carbocycles. The highest BCUT2D eigenvalue weighted by Crippen LogP contribution is 2.23. The van der Waals surface area contributed by atoms with Crippen molar-refractivity contribution in [2.45, 2.75) is 25.9 Å². The minimum absolute atomic E-state index is 0.149. The van der Waals surface area contributed by atoms with Crippen LogP contribution in [0.2, 0.25) is 0 Å². The summed E-state index contributed by atoms with van der Waals surface area (Å²) in [4.78, 5) is 23.6. The molecule has 0 bridgehead atoms. The molecule has 0 radical (unpaired) electrons. The number of benzene rings is 1. The Bertz CT molecular complexity index is 554. The van der Waals surface area contributed by atoms with E-state index in [9.17, 15) is 24.4 Å². The first kappa shape index (κ1) is 15.4. The average Bonchev–Trinajstić information content (AvgIpc) is 2.46. The van der Waals surface area contributed by atoms with Crippen LogP contribution in [0.25, 0.3) is 0 Å². The summed E-state index contributed by atoms with van der Waals surface area (Å²) in [6.45, 7) is 2.62. The Morgan fingerprint density at radius 3 is 2.57 bits per heavy atom. The summed E-state index contributed by atoms with van der Waals surface area (Å²) in [6.07, 6.45) is 0.911. The molecule has 1 saturated heterocycles. The third-order valence-corrected chi connectivity index (χ3v) is 3.90. The average molecular weight is 296 g/mol. The monoisotopic (exact) mass is 296 g/mol. The maximum absolute atomic E-state index is 13.8. The van der Waals surface area contributed by atoms with E-state index in [1.54, 1.807) is 6.92 Å². The summed E-state index contributed by atoms with van der Waals surface area (Å²) in [6, 6.07) is 3.03. The lowest BCUT2D eigenvalue weighted by molar-refractivity contribution is -0.385. The molecule has 1 aromatic rings.